The summed E-state index contributed by atoms with van der Waals surface area (Å²) in [5, 5.41) is 0. The lowest BCUT2D eigenvalue weighted by molar-refractivity contribution is 0.0519. The Kier molecular flexibility index (Phi) is 4.33. The SMILES string of the molecule is CCOC(=O)c1coc(-c2coc(/C=C/c3ccccc3)n2)n1. The standard InChI is InChI=1S/C17H14N2O4/c1-2-21-17(20)14-11-23-16(19-14)13-10-22-15(18-13)9-8-12-6-4-3-5-7-12/h3-11H,2H2,1H3/b9-8+. The fourth-order valence-electron chi connectivity index (χ4n) is 1.88. The van der Waals surface area contributed by atoms with Crippen LogP contribution in [0.1, 0.15) is 28.9 Å². The zero-order valence-corrected chi connectivity index (χ0v) is 12.4. The maximum atomic E-state index is 11.6. The first-order chi connectivity index (χ1) is 11.3. The van der Waals surface area contributed by atoms with E-state index in [-0.39, 0.29) is 18.2 Å². The van der Waals surface area contributed by atoms with E-state index < -0.39 is 5.97 Å². The van der Waals surface area contributed by atoms with Crippen molar-refractivity contribution in [2.24, 2.45) is 0 Å². The van der Waals surface area contributed by atoms with E-state index in [9.17, 15) is 4.79 Å². The van der Waals surface area contributed by atoms with Gasteiger partial charge in [0.05, 0.1) is 6.61 Å². The number of esters is 1. The van der Waals surface area contributed by atoms with Crippen molar-refractivity contribution in [3.05, 3.63) is 60.0 Å². The first kappa shape index (κ1) is 14.8. The molecule has 116 valence electrons. The van der Waals surface area contributed by atoms with Crippen LogP contribution < -0.4 is 0 Å². The number of oxazole rings is 2. The first-order valence-corrected chi connectivity index (χ1v) is 7.08. The van der Waals surface area contributed by atoms with Gasteiger partial charge in [-0.2, -0.15) is 0 Å². The molecular weight excluding hydrogens is 296 g/mol. The molecule has 0 saturated heterocycles. The molecule has 2 aromatic heterocycles. The number of ether oxygens (including phenoxy) is 1. The van der Waals surface area contributed by atoms with E-state index in [2.05, 4.69) is 9.97 Å². The first-order valence-electron chi connectivity index (χ1n) is 7.08. The van der Waals surface area contributed by atoms with Gasteiger partial charge in [0.2, 0.25) is 11.8 Å². The van der Waals surface area contributed by atoms with Crippen molar-refractivity contribution in [3.8, 4) is 11.6 Å². The number of carbonyl (C=O) groups excluding carboxylic acids is 1. The molecule has 0 spiro atoms. The molecule has 0 saturated carbocycles. The molecule has 0 aliphatic carbocycles. The quantitative estimate of drug-likeness (QED) is 0.669. The van der Waals surface area contributed by atoms with E-state index in [1.54, 1.807) is 13.0 Å². The Morgan fingerprint density at radius 3 is 2.74 bits per heavy atom. The van der Waals surface area contributed by atoms with Crippen LogP contribution in [0.2, 0.25) is 0 Å². The third-order valence-electron chi connectivity index (χ3n) is 2.95. The van der Waals surface area contributed by atoms with Crippen molar-refractivity contribution in [1.82, 2.24) is 9.97 Å². The van der Waals surface area contributed by atoms with Gasteiger partial charge in [-0.1, -0.05) is 30.3 Å². The predicted octanol–water partition coefficient (Wildman–Crippen LogP) is 3.68. The van der Waals surface area contributed by atoms with Gasteiger partial charge < -0.3 is 13.6 Å². The van der Waals surface area contributed by atoms with Gasteiger partial charge >= 0.3 is 5.97 Å². The third kappa shape index (κ3) is 3.55. The van der Waals surface area contributed by atoms with Crippen molar-refractivity contribution >= 4 is 18.1 Å². The van der Waals surface area contributed by atoms with Gasteiger partial charge in [-0.3, -0.25) is 0 Å². The number of carbonyl (C=O) groups is 1. The van der Waals surface area contributed by atoms with Gasteiger partial charge in [0.1, 0.15) is 12.5 Å². The molecule has 3 aromatic rings. The van der Waals surface area contributed by atoms with Crippen LogP contribution in [0.4, 0.5) is 0 Å². The zero-order valence-electron chi connectivity index (χ0n) is 12.4. The predicted molar refractivity (Wildman–Crippen MR) is 83.3 cm³/mol. The average molecular weight is 310 g/mol. The number of aromatic nitrogens is 2. The van der Waals surface area contributed by atoms with Gasteiger partial charge in [0, 0.05) is 6.08 Å². The monoisotopic (exact) mass is 310 g/mol. The summed E-state index contributed by atoms with van der Waals surface area (Å²) in [6.07, 6.45) is 6.29. The molecule has 1 aromatic carbocycles. The molecule has 6 nitrogen and oxygen atoms in total. The maximum Gasteiger partial charge on any atom is 0.360 e. The molecule has 0 fully saturated rings. The van der Waals surface area contributed by atoms with Crippen molar-refractivity contribution < 1.29 is 18.4 Å². The van der Waals surface area contributed by atoms with Crippen LogP contribution in [0, 0.1) is 0 Å². The molecule has 6 heteroatoms. The average Bonchev–Trinajstić information content (AvgIpc) is 3.23. The number of hydrogen-bond acceptors (Lipinski definition) is 6. The second kappa shape index (κ2) is 6.74. The topological polar surface area (TPSA) is 78.4 Å². The van der Waals surface area contributed by atoms with Crippen molar-refractivity contribution in [2.45, 2.75) is 6.92 Å². The Labute approximate surface area is 132 Å². The summed E-state index contributed by atoms with van der Waals surface area (Å²) in [4.78, 5) is 19.8. The van der Waals surface area contributed by atoms with Gasteiger partial charge in [-0.05, 0) is 18.6 Å². The van der Waals surface area contributed by atoms with Crippen molar-refractivity contribution in [2.75, 3.05) is 6.61 Å². The molecule has 0 N–H and O–H groups in total. The highest BCUT2D eigenvalue weighted by Crippen LogP contribution is 2.19. The van der Waals surface area contributed by atoms with Crippen LogP contribution in [-0.2, 0) is 4.74 Å². The third-order valence-corrected chi connectivity index (χ3v) is 2.95. The smallest absolute Gasteiger partial charge is 0.360 e. The molecular formula is C17H14N2O4. The molecule has 0 radical (unpaired) electrons. The molecule has 0 bridgehead atoms. The minimum atomic E-state index is -0.532. The Hall–Kier alpha value is -3.15. The fraction of sp³-hybridized carbons (Fsp3) is 0.118. The highest BCUT2D eigenvalue weighted by Gasteiger charge is 2.16. The zero-order chi connectivity index (χ0) is 16.1. The van der Waals surface area contributed by atoms with Gasteiger partial charge in [0.15, 0.2) is 11.4 Å². The van der Waals surface area contributed by atoms with Crippen LogP contribution in [0.5, 0.6) is 0 Å². The lowest BCUT2D eigenvalue weighted by Gasteiger charge is -1.94. The van der Waals surface area contributed by atoms with Gasteiger partial charge in [-0.15, -0.1) is 0 Å². The van der Waals surface area contributed by atoms with Crippen LogP contribution >= 0.6 is 0 Å². The largest absolute Gasteiger partial charge is 0.461 e. The maximum absolute atomic E-state index is 11.6. The number of hydrogen-bond donors (Lipinski definition) is 0. The van der Waals surface area contributed by atoms with E-state index in [0.29, 0.717) is 11.6 Å². The van der Waals surface area contributed by atoms with Crippen molar-refractivity contribution in [1.29, 1.82) is 0 Å². The van der Waals surface area contributed by atoms with Crippen LogP contribution in [0.15, 0.2) is 51.7 Å². The molecule has 0 atom stereocenters. The van der Waals surface area contributed by atoms with E-state index >= 15 is 0 Å². The summed E-state index contributed by atoms with van der Waals surface area (Å²) < 4.78 is 15.4. The Morgan fingerprint density at radius 1 is 1.13 bits per heavy atom. The highest BCUT2D eigenvalue weighted by molar-refractivity contribution is 5.87. The van der Waals surface area contributed by atoms with Gasteiger partial charge in [0.25, 0.3) is 0 Å². The number of rotatable bonds is 5. The van der Waals surface area contributed by atoms with Crippen LogP contribution in [0.3, 0.4) is 0 Å². The normalized spacial score (nSPS) is 11.0. The lowest BCUT2D eigenvalue weighted by atomic mass is 10.2. The summed E-state index contributed by atoms with van der Waals surface area (Å²) >= 11 is 0. The molecule has 23 heavy (non-hydrogen) atoms. The molecule has 0 aliphatic rings. The molecule has 0 amide bonds. The summed E-state index contributed by atoms with van der Waals surface area (Å²) in [7, 11) is 0. The Morgan fingerprint density at radius 2 is 1.96 bits per heavy atom. The number of benzene rings is 1. The molecule has 3 rings (SSSR count). The van der Waals surface area contributed by atoms with Crippen molar-refractivity contribution in [3.63, 3.8) is 0 Å². The lowest BCUT2D eigenvalue weighted by Crippen LogP contribution is -2.04. The van der Waals surface area contributed by atoms with E-state index in [1.165, 1.54) is 12.5 Å². The minimum absolute atomic E-state index is 0.103. The Bertz CT molecular complexity index is 818. The Balaban J connectivity index is 1.74. The summed E-state index contributed by atoms with van der Waals surface area (Å²) in [5.74, 6) is 0.0890. The second-order valence-corrected chi connectivity index (χ2v) is 4.57. The summed E-state index contributed by atoms with van der Waals surface area (Å²) in [6.45, 7) is 2.00. The highest BCUT2D eigenvalue weighted by atomic mass is 16.5. The summed E-state index contributed by atoms with van der Waals surface area (Å²) in [5.41, 5.74) is 1.55. The molecule has 0 unspecified atom stereocenters. The van der Waals surface area contributed by atoms with E-state index in [1.807, 2.05) is 36.4 Å². The second-order valence-electron chi connectivity index (χ2n) is 4.57. The molecule has 0 aliphatic heterocycles. The summed E-state index contributed by atoms with van der Waals surface area (Å²) in [6, 6.07) is 9.79. The van der Waals surface area contributed by atoms with Crippen LogP contribution in [0.25, 0.3) is 23.7 Å². The fourth-order valence-corrected chi connectivity index (χ4v) is 1.88. The number of nitrogens with zero attached hydrogens (tertiary/aromatic N) is 2. The van der Waals surface area contributed by atoms with E-state index in [0.717, 1.165) is 5.56 Å². The molecule has 2 heterocycles. The van der Waals surface area contributed by atoms with E-state index in [4.69, 9.17) is 13.6 Å². The van der Waals surface area contributed by atoms with Gasteiger partial charge in [-0.25, -0.2) is 14.8 Å². The minimum Gasteiger partial charge on any atom is -0.461 e. The van der Waals surface area contributed by atoms with Crippen LogP contribution in [-0.4, -0.2) is 22.5 Å².